The Bertz CT molecular complexity index is 688. The van der Waals surface area contributed by atoms with Crippen molar-refractivity contribution in [2.75, 3.05) is 0 Å². The Kier molecular flexibility index (Phi) is 3.30. The van der Waals surface area contributed by atoms with Gasteiger partial charge in [0.1, 0.15) is 0 Å². The maximum atomic E-state index is 11.6. The van der Waals surface area contributed by atoms with Crippen molar-refractivity contribution in [2.24, 2.45) is 0 Å². The lowest BCUT2D eigenvalue weighted by atomic mass is 9.94. The lowest BCUT2D eigenvalue weighted by molar-refractivity contribution is 0.0695. The standard InChI is InChI=1S/C16H16ClNO2/c1-10-15(16(19)20)13-7-2-3-8-14(13)18(10)12-6-4-5-11(17)9-12/h4-6,9H,2-3,7-8H2,1H3,(H,19,20). The summed E-state index contributed by atoms with van der Waals surface area (Å²) < 4.78 is 2.06. The number of carboxylic acids is 1. The minimum atomic E-state index is -0.832. The zero-order chi connectivity index (χ0) is 14.3. The van der Waals surface area contributed by atoms with Gasteiger partial charge in [-0.05, 0) is 56.4 Å². The Hall–Kier alpha value is -1.74. The molecule has 4 heteroatoms. The predicted octanol–water partition coefficient (Wildman–Crippen LogP) is 4.02. The fourth-order valence-corrected chi connectivity index (χ4v) is 3.37. The number of fused-ring (bicyclic) bond motifs is 1. The van der Waals surface area contributed by atoms with Gasteiger partial charge in [0.15, 0.2) is 0 Å². The number of carbonyl (C=O) groups is 1. The Balaban J connectivity index is 2.28. The minimum Gasteiger partial charge on any atom is -0.478 e. The molecular weight excluding hydrogens is 274 g/mol. The number of benzene rings is 1. The number of carboxylic acid groups (broad SMARTS) is 1. The molecule has 2 aromatic rings. The molecule has 1 N–H and O–H groups in total. The Morgan fingerprint density at radius 1 is 1.30 bits per heavy atom. The van der Waals surface area contributed by atoms with Crippen LogP contribution in [0.4, 0.5) is 0 Å². The van der Waals surface area contributed by atoms with E-state index < -0.39 is 5.97 Å². The zero-order valence-electron chi connectivity index (χ0n) is 11.3. The van der Waals surface area contributed by atoms with Crippen LogP contribution < -0.4 is 0 Å². The fourth-order valence-electron chi connectivity index (χ4n) is 3.19. The van der Waals surface area contributed by atoms with Gasteiger partial charge in [0, 0.05) is 22.1 Å². The lowest BCUT2D eigenvalue weighted by Gasteiger charge is -2.16. The molecule has 0 unspecified atom stereocenters. The highest BCUT2D eigenvalue weighted by atomic mass is 35.5. The van der Waals surface area contributed by atoms with Gasteiger partial charge in [-0.2, -0.15) is 0 Å². The summed E-state index contributed by atoms with van der Waals surface area (Å²) in [6.45, 7) is 1.88. The van der Waals surface area contributed by atoms with Gasteiger partial charge < -0.3 is 9.67 Å². The van der Waals surface area contributed by atoms with Crippen LogP contribution in [0.5, 0.6) is 0 Å². The van der Waals surface area contributed by atoms with Crippen molar-refractivity contribution < 1.29 is 9.90 Å². The van der Waals surface area contributed by atoms with E-state index in [2.05, 4.69) is 4.57 Å². The van der Waals surface area contributed by atoms with Crippen LogP contribution in [0.1, 0.15) is 40.2 Å². The van der Waals surface area contributed by atoms with Gasteiger partial charge in [0.25, 0.3) is 0 Å². The SMILES string of the molecule is Cc1c(C(=O)O)c2c(n1-c1cccc(Cl)c1)CCCC2. The van der Waals surface area contributed by atoms with E-state index in [1.807, 2.05) is 31.2 Å². The van der Waals surface area contributed by atoms with Crippen LogP contribution in [0.3, 0.4) is 0 Å². The summed E-state index contributed by atoms with van der Waals surface area (Å²) in [5.41, 5.74) is 4.35. The van der Waals surface area contributed by atoms with Gasteiger partial charge in [0.2, 0.25) is 0 Å². The van der Waals surface area contributed by atoms with Crippen LogP contribution in [0.25, 0.3) is 5.69 Å². The topological polar surface area (TPSA) is 42.2 Å². The molecule has 104 valence electrons. The van der Waals surface area contributed by atoms with E-state index in [4.69, 9.17) is 11.6 Å². The van der Waals surface area contributed by atoms with Gasteiger partial charge in [-0.3, -0.25) is 0 Å². The third kappa shape index (κ3) is 2.02. The van der Waals surface area contributed by atoms with Crippen molar-refractivity contribution in [2.45, 2.75) is 32.6 Å². The van der Waals surface area contributed by atoms with Gasteiger partial charge in [-0.15, -0.1) is 0 Å². The molecule has 0 saturated heterocycles. The minimum absolute atomic E-state index is 0.472. The second-order valence-corrected chi connectivity index (χ2v) is 5.65. The van der Waals surface area contributed by atoms with Gasteiger partial charge in [-0.25, -0.2) is 4.79 Å². The number of halogens is 1. The van der Waals surface area contributed by atoms with Crippen molar-refractivity contribution >= 4 is 17.6 Å². The first-order valence-corrected chi connectivity index (χ1v) is 7.19. The molecule has 3 nitrogen and oxygen atoms in total. The first-order valence-electron chi connectivity index (χ1n) is 6.82. The number of aromatic nitrogens is 1. The third-order valence-corrected chi connectivity index (χ3v) is 4.22. The van der Waals surface area contributed by atoms with E-state index >= 15 is 0 Å². The molecule has 1 aliphatic rings. The molecule has 3 rings (SSSR count). The molecule has 0 amide bonds. The average Bonchev–Trinajstić information content (AvgIpc) is 2.70. The van der Waals surface area contributed by atoms with Gasteiger partial charge in [0.05, 0.1) is 5.56 Å². The molecule has 1 heterocycles. The fraction of sp³-hybridized carbons (Fsp3) is 0.312. The summed E-state index contributed by atoms with van der Waals surface area (Å²) in [7, 11) is 0. The summed E-state index contributed by atoms with van der Waals surface area (Å²) in [6.07, 6.45) is 3.95. The molecule has 0 aliphatic heterocycles. The lowest BCUT2D eigenvalue weighted by Crippen LogP contribution is -2.08. The van der Waals surface area contributed by atoms with Crippen LogP contribution in [0, 0.1) is 6.92 Å². The van der Waals surface area contributed by atoms with Crippen LogP contribution in [0.15, 0.2) is 24.3 Å². The first-order chi connectivity index (χ1) is 9.59. The number of hydrogen-bond donors (Lipinski definition) is 1. The zero-order valence-corrected chi connectivity index (χ0v) is 12.1. The van der Waals surface area contributed by atoms with E-state index in [-0.39, 0.29) is 0 Å². The van der Waals surface area contributed by atoms with Crippen molar-refractivity contribution in [3.63, 3.8) is 0 Å². The molecule has 0 fully saturated rings. The Labute approximate surface area is 122 Å². The van der Waals surface area contributed by atoms with E-state index in [1.165, 1.54) is 0 Å². The number of nitrogens with zero attached hydrogens (tertiary/aromatic N) is 1. The predicted molar refractivity (Wildman–Crippen MR) is 79.1 cm³/mol. The summed E-state index contributed by atoms with van der Waals surface area (Å²) >= 11 is 6.07. The van der Waals surface area contributed by atoms with Gasteiger partial charge >= 0.3 is 5.97 Å². The molecule has 0 spiro atoms. The summed E-state index contributed by atoms with van der Waals surface area (Å²) in [5.74, 6) is -0.832. The second-order valence-electron chi connectivity index (χ2n) is 5.21. The summed E-state index contributed by atoms with van der Waals surface area (Å²) in [4.78, 5) is 11.6. The molecule has 1 aliphatic carbocycles. The molecular formula is C16H16ClNO2. The number of rotatable bonds is 2. The Morgan fingerprint density at radius 3 is 2.75 bits per heavy atom. The molecule has 0 bridgehead atoms. The quantitative estimate of drug-likeness (QED) is 0.907. The summed E-state index contributed by atoms with van der Waals surface area (Å²) in [6, 6.07) is 7.58. The highest BCUT2D eigenvalue weighted by Gasteiger charge is 2.26. The molecule has 0 radical (unpaired) electrons. The highest BCUT2D eigenvalue weighted by molar-refractivity contribution is 6.30. The van der Waals surface area contributed by atoms with Crippen molar-refractivity contribution in [3.8, 4) is 5.69 Å². The summed E-state index contributed by atoms with van der Waals surface area (Å²) in [5, 5.41) is 10.2. The first kappa shape index (κ1) is 13.3. The Morgan fingerprint density at radius 2 is 2.05 bits per heavy atom. The normalized spacial score (nSPS) is 14.1. The second kappa shape index (κ2) is 4.98. The average molecular weight is 290 g/mol. The molecule has 1 aromatic heterocycles. The van der Waals surface area contributed by atoms with Crippen molar-refractivity contribution in [1.82, 2.24) is 4.57 Å². The molecule has 1 aromatic carbocycles. The third-order valence-electron chi connectivity index (χ3n) is 3.99. The number of hydrogen-bond acceptors (Lipinski definition) is 1. The van der Waals surface area contributed by atoms with E-state index in [1.54, 1.807) is 0 Å². The number of aromatic carboxylic acids is 1. The highest BCUT2D eigenvalue weighted by Crippen LogP contribution is 2.32. The maximum Gasteiger partial charge on any atom is 0.337 e. The maximum absolute atomic E-state index is 11.6. The van der Waals surface area contributed by atoms with E-state index in [0.29, 0.717) is 10.6 Å². The monoisotopic (exact) mass is 289 g/mol. The van der Waals surface area contributed by atoms with Crippen LogP contribution in [-0.4, -0.2) is 15.6 Å². The molecule has 0 atom stereocenters. The van der Waals surface area contributed by atoms with E-state index in [0.717, 1.165) is 48.3 Å². The van der Waals surface area contributed by atoms with E-state index in [9.17, 15) is 9.90 Å². The smallest absolute Gasteiger partial charge is 0.337 e. The van der Waals surface area contributed by atoms with Crippen molar-refractivity contribution in [3.05, 3.63) is 51.8 Å². The molecule has 20 heavy (non-hydrogen) atoms. The molecule has 0 saturated carbocycles. The van der Waals surface area contributed by atoms with Crippen LogP contribution in [-0.2, 0) is 12.8 Å². The van der Waals surface area contributed by atoms with Crippen LogP contribution in [0.2, 0.25) is 5.02 Å². The van der Waals surface area contributed by atoms with Crippen molar-refractivity contribution in [1.29, 1.82) is 0 Å². The van der Waals surface area contributed by atoms with Crippen LogP contribution >= 0.6 is 11.6 Å². The largest absolute Gasteiger partial charge is 0.478 e. The van der Waals surface area contributed by atoms with Gasteiger partial charge in [-0.1, -0.05) is 17.7 Å².